The first kappa shape index (κ1) is 16.8. The summed E-state index contributed by atoms with van der Waals surface area (Å²) >= 11 is 5.92. The first-order chi connectivity index (χ1) is 11.0. The molecule has 120 valence electrons. The predicted molar refractivity (Wildman–Crippen MR) is 89.0 cm³/mol. The van der Waals surface area contributed by atoms with Gasteiger partial charge < -0.3 is 15.4 Å². The van der Waals surface area contributed by atoms with Crippen LogP contribution in [0.15, 0.2) is 42.5 Å². The van der Waals surface area contributed by atoms with Crippen LogP contribution in [0.4, 0.5) is 0 Å². The Kier molecular flexibility index (Phi) is 5.60. The first-order valence-electron chi connectivity index (χ1n) is 6.98. The monoisotopic (exact) mass is 332 g/mol. The molecule has 0 saturated carbocycles. The fourth-order valence-electron chi connectivity index (χ4n) is 2.05. The number of hydrogen-bond acceptors (Lipinski definition) is 3. The molecule has 2 rings (SSSR count). The maximum atomic E-state index is 12.3. The van der Waals surface area contributed by atoms with Crippen molar-refractivity contribution in [2.24, 2.45) is 0 Å². The van der Waals surface area contributed by atoms with E-state index in [4.69, 9.17) is 16.3 Å². The fraction of sp³-hybridized carbons (Fsp3) is 0.176. The van der Waals surface area contributed by atoms with Crippen molar-refractivity contribution in [3.05, 3.63) is 64.2 Å². The molecular formula is C17H17ClN2O3. The number of rotatable bonds is 5. The largest absolute Gasteiger partial charge is 0.496 e. The van der Waals surface area contributed by atoms with Gasteiger partial charge in [0.15, 0.2) is 0 Å². The highest BCUT2D eigenvalue weighted by Crippen LogP contribution is 2.22. The zero-order valence-corrected chi connectivity index (χ0v) is 13.6. The van der Waals surface area contributed by atoms with Crippen molar-refractivity contribution < 1.29 is 14.3 Å². The molecule has 2 amide bonds. The number of carbonyl (C=O) groups excluding carboxylic acids is 2. The number of amides is 2. The second-order valence-electron chi connectivity index (χ2n) is 4.80. The van der Waals surface area contributed by atoms with Crippen LogP contribution in [0.5, 0.6) is 5.75 Å². The standard InChI is InChI=1S/C17H17ClN2O3/c1-19-16(21)12-5-3-11(4-6-12)10-20-17(22)14-9-13(18)7-8-15(14)23-2/h3-9H,10H2,1-2H3,(H,19,21)(H,20,22). The van der Waals surface area contributed by atoms with Crippen molar-refractivity contribution in [1.29, 1.82) is 0 Å². The summed E-state index contributed by atoms with van der Waals surface area (Å²) in [5, 5.41) is 5.82. The molecule has 23 heavy (non-hydrogen) atoms. The second kappa shape index (κ2) is 7.65. The quantitative estimate of drug-likeness (QED) is 0.884. The lowest BCUT2D eigenvalue weighted by Crippen LogP contribution is -2.23. The first-order valence-corrected chi connectivity index (χ1v) is 7.35. The number of methoxy groups -OCH3 is 1. The molecule has 0 aliphatic rings. The molecule has 0 saturated heterocycles. The molecule has 0 unspecified atom stereocenters. The van der Waals surface area contributed by atoms with Crippen LogP contribution < -0.4 is 15.4 Å². The average molecular weight is 333 g/mol. The highest BCUT2D eigenvalue weighted by Gasteiger charge is 2.12. The maximum absolute atomic E-state index is 12.3. The van der Waals surface area contributed by atoms with Crippen molar-refractivity contribution in [1.82, 2.24) is 10.6 Å². The summed E-state index contributed by atoms with van der Waals surface area (Å²) in [6, 6.07) is 11.9. The van der Waals surface area contributed by atoms with Gasteiger partial charge in [-0.2, -0.15) is 0 Å². The van der Waals surface area contributed by atoms with Gasteiger partial charge in [0.2, 0.25) is 0 Å². The molecule has 5 nitrogen and oxygen atoms in total. The minimum absolute atomic E-state index is 0.149. The molecule has 0 heterocycles. The predicted octanol–water partition coefficient (Wildman–Crippen LogP) is 2.64. The van der Waals surface area contributed by atoms with Crippen LogP contribution in [0.2, 0.25) is 5.02 Å². The number of hydrogen-bond donors (Lipinski definition) is 2. The minimum Gasteiger partial charge on any atom is -0.496 e. The topological polar surface area (TPSA) is 67.4 Å². The lowest BCUT2D eigenvalue weighted by molar-refractivity contribution is 0.0943. The van der Waals surface area contributed by atoms with Crippen molar-refractivity contribution in [2.45, 2.75) is 6.54 Å². The lowest BCUT2D eigenvalue weighted by Gasteiger charge is -2.10. The Morgan fingerprint density at radius 2 is 1.78 bits per heavy atom. The zero-order chi connectivity index (χ0) is 16.8. The molecular weight excluding hydrogens is 316 g/mol. The summed E-state index contributed by atoms with van der Waals surface area (Å²) in [7, 11) is 3.08. The van der Waals surface area contributed by atoms with E-state index in [0.29, 0.717) is 28.4 Å². The van der Waals surface area contributed by atoms with Gasteiger partial charge in [0.25, 0.3) is 11.8 Å². The van der Waals surface area contributed by atoms with Gasteiger partial charge in [0.1, 0.15) is 5.75 Å². The number of halogens is 1. The maximum Gasteiger partial charge on any atom is 0.255 e. The van der Waals surface area contributed by atoms with Gasteiger partial charge in [0.05, 0.1) is 12.7 Å². The fourth-order valence-corrected chi connectivity index (χ4v) is 2.23. The van der Waals surface area contributed by atoms with E-state index in [1.807, 2.05) is 0 Å². The summed E-state index contributed by atoms with van der Waals surface area (Å²) in [5.74, 6) is 0.0332. The van der Waals surface area contributed by atoms with Gasteiger partial charge in [0, 0.05) is 24.2 Å². The Balaban J connectivity index is 2.04. The summed E-state index contributed by atoms with van der Waals surface area (Å²) in [5.41, 5.74) is 1.83. The van der Waals surface area contributed by atoms with Crippen LogP contribution >= 0.6 is 11.6 Å². The second-order valence-corrected chi connectivity index (χ2v) is 5.24. The third kappa shape index (κ3) is 4.23. The lowest BCUT2D eigenvalue weighted by atomic mass is 10.1. The number of nitrogens with one attached hydrogen (secondary N) is 2. The van der Waals surface area contributed by atoms with Crippen LogP contribution in [-0.2, 0) is 6.54 Å². The molecule has 0 bridgehead atoms. The summed E-state index contributed by atoms with van der Waals surface area (Å²) in [4.78, 5) is 23.7. The van der Waals surface area contributed by atoms with Crippen molar-refractivity contribution in [2.75, 3.05) is 14.2 Å². The third-order valence-electron chi connectivity index (χ3n) is 3.30. The highest BCUT2D eigenvalue weighted by molar-refractivity contribution is 6.31. The molecule has 0 fully saturated rings. The SMILES string of the molecule is CNC(=O)c1ccc(CNC(=O)c2cc(Cl)ccc2OC)cc1. The van der Waals surface area contributed by atoms with E-state index in [1.165, 1.54) is 7.11 Å². The summed E-state index contributed by atoms with van der Waals surface area (Å²) < 4.78 is 5.16. The number of ether oxygens (including phenoxy) is 1. The zero-order valence-electron chi connectivity index (χ0n) is 12.9. The van der Waals surface area contributed by atoms with E-state index in [-0.39, 0.29) is 11.8 Å². The van der Waals surface area contributed by atoms with Crippen LogP contribution in [0.3, 0.4) is 0 Å². The third-order valence-corrected chi connectivity index (χ3v) is 3.54. The number of benzene rings is 2. The van der Waals surface area contributed by atoms with Crippen LogP contribution in [0.1, 0.15) is 26.3 Å². The van der Waals surface area contributed by atoms with E-state index in [9.17, 15) is 9.59 Å². The Labute approximate surface area is 139 Å². The van der Waals surface area contributed by atoms with Crippen LogP contribution in [-0.4, -0.2) is 26.0 Å². The van der Waals surface area contributed by atoms with Crippen molar-refractivity contribution >= 4 is 23.4 Å². The van der Waals surface area contributed by atoms with Gasteiger partial charge in [-0.1, -0.05) is 23.7 Å². The Bertz CT molecular complexity index is 714. The molecule has 6 heteroatoms. The minimum atomic E-state index is -0.278. The molecule has 0 atom stereocenters. The molecule has 0 aliphatic carbocycles. The van der Waals surface area contributed by atoms with Gasteiger partial charge in [-0.3, -0.25) is 9.59 Å². The van der Waals surface area contributed by atoms with Gasteiger partial charge in [-0.05, 0) is 35.9 Å². The Morgan fingerprint density at radius 3 is 2.39 bits per heavy atom. The van der Waals surface area contributed by atoms with Crippen molar-refractivity contribution in [3.8, 4) is 5.75 Å². The average Bonchev–Trinajstić information content (AvgIpc) is 2.59. The molecule has 2 N–H and O–H groups in total. The van der Waals surface area contributed by atoms with Gasteiger partial charge >= 0.3 is 0 Å². The molecule has 2 aromatic rings. The van der Waals surface area contributed by atoms with E-state index in [0.717, 1.165) is 5.56 Å². The molecule has 0 radical (unpaired) electrons. The molecule has 0 aliphatic heterocycles. The van der Waals surface area contributed by atoms with E-state index in [1.54, 1.807) is 49.5 Å². The molecule has 2 aromatic carbocycles. The van der Waals surface area contributed by atoms with Gasteiger partial charge in [-0.25, -0.2) is 0 Å². The Hall–Kier alpha value is -2.53. The summed E-state index contributed by atoms with van der Waals surface area (Å²) in [6.45, 7) is 0.336. The van der Waals surface area contributed by atoms with Gasteiger partial charge in [-0.15, -0.1) is 0 Å². The highest BCUT2D eigenvalue weighted by atomic mass is 35.5. The normalized spacial score (nSPS) is 10.0. The van der Waals surface area contributed by atoms with E-state index >= 15 is 0 Å². The van der Waals surface area contributed by atoms with E-state index < -0.39 is 0 Å². The molecule has 0 aromatic heterocycles. The molecule has 0 spiro atoms. The summed E-state index contributed by atoms with van der Waals surface area (Å²) in [6.07, 6.45) is 0. The van der Waals surface area contributed by atoms with Crippen LogP contribution in [0, 0.1) is 0 Å². The van der Waals surface area contributed by atoms with E-state index in [2.05, 4.69) is 10.6 Å². The number of carbonyl (C=O) groups is 2. The van der Waals surface area contributed by atoms with Crippen LogP contribution in [0.25, 0.3) is 0 Å². The smallest absolute Gasteiger partial charge is 0.255 e. The Morgan fingerprint density at radius 1 is 1.09 bits per heavy atom. The van der Waals surface area contributed by atoms with Crippen molar-refractivity contribution in [3.63, 3.8) is 0 Å².